The average molecular weight is 533 g/mol. The van der Waals surface area contributed by atoms with E-state index in [1.165, 1.54) is 7.11 Å². The maximum atomic E-state index is 13.0. The van der Waals surface area contributed by atoms with Crippen LogP contribution < -0.4 is 0 Å². The molecule has 8 nitrogen and oxygen atoms in total. The van der Waals surface area contributed by atoms with Crippen molar-refractivity contribution in [2.45, 2.75) is 39.3 Å². The van der Waals surface area contributed by atoms with E-state index in [1.54, 1.807) is 48.5 Å². The number of carbonyl (C=O) groups is 3. The van der Waals surface area contributed by atoms with Crippen molar-refractivity contribution in [3.8, 4) is 0 Å². The molecule has 0 N–H and O–H groups in total. The molecule has 0 saturated carbocycles. The number of ether oxygens (including phenoxy) is 5. The Kier molecular flexibility index (Phi) is 9.11. The summed E-state index contributed by atoms with van der Waals surface area (Å²) in [5.74, 6) is -2.31. The van der Waals surface area contributed by atoms with E-state index in [-0.39, 0.29) is 13.2 Å². The third-order valence-electron chi connectivity index (χ3n) is 6.57. The summed E-state index contributed by atoms with van der Waals surface area (Å²) >= 11 is 0. The SMILES string of the molecule is COC1O[C@@H](COC(=O)c2ccc(C)cc2)[C@H](OC(=O)c2ccc(C)cc2)[C@@H]1COC(=O)c1ccc(C)cc1. The van der Waals surface area contributed by atoms with Gasteiger partial charge in [0.1, 0.15) is 25.4 Å². The van der Waals surface area contributed by atoms with Gasteiger partial charge < -0.3 is 23.7 Å². The average Bonchev–Trinajstić information content (AvgIpc) is 3.27. The lowest BCUT2D eigenvalue weighted by Gasteiger charge is -2.23. The lowest BCUT2D eigenvalue weighted by molar-refractivity contribution is -0.143. The second kappa shape index (κ2) is 12.7. The van der Waals surface area contributed by atoms with Crippen LogP contribution in [-0.4, -0.2) is 56.7 Å². The number of hydrogen-bond acceptors (Lipinski definition) is 8. The molecule has 39 heavy (non-hydrogen) atoms. The summed E-state index contributed by atoms with van der Waals surface area (Å²) in [7, 11) is 1.44. The van der Waals surface area contributed by atoms with Gasteiger partial charge in [0.15, 0.2) is 6.29 Å². The van der Waals surface area contributed by atoms with E-state index < -0.39 is 42.3 Å². The molecule has 4 rings (SSSR count). The van der Waals surface area contributed by atoms with Gasteiger partial charge in [-0.2, -0.15) is 0 Å². The molecule has 8 heteroatoms. The quantitative estimate of drug-likeness (QED) is 0.285. The minimum absolute atomic E-state index is 0.139. The van der Waals surface area contributed by atoms with E-state index in [2.05, 4.69) is 0 Å². The molecule has 1 unspecified atom stereocenters. The summed E-state index contributed by atoms with van der Waals surface area (Å²) in [6.45, 7) is 5.43. The monoisotopic (exact) mass is 532 g/mol. The van der Waals surface area contributed by atoms with Crippen LogP contribution in [0.15, 0.2) is 72.8 Å². The highest BCUT2D eigenvalue weighted by molar-refractivity contribution is 5.90. The number of carbonyl (C=O) groups excluding carboxylic acids is 3. The van der Waals surface area contributed by atoms with Crippen LogP contribution in [0.25, 0.3) is 0 Å². The highest BCUT2D eigenvalue weighted by Crippen LogP contribution is 2.32. The first-order valence-corrected chi connectivity index (χ1v) is 12.7. The molecule has 204 valence electrons. The normalized spacial score (nSPS) is 20.3. The lowest BCUT2D eigenvalue weighted by Crippen LogP contribution is -2.38. The van der Waals surface area contributed by atoms with Gasteiger partial charge in [-0.05, 0) is 57.2 Å². The number of benzene rings is 3. The Morgan fingerprint density at radius 3 is 1.49 bits per heavy atom. The van der Waals surface area contributed by atoms with E-state index in [0.717, 1.165) is 16.7 Å². The van der Waals surface area contributed by atoms with Gasteiger partial charge >= 0.3 is 17.9 Å². The summed E-state index contributed by atoms with van der Waals surface area (Å²) < 4.78 is 28.4. The van der Waals surface area contributed by atoms with E-state index in [9.17, 15) is 14.4 Å². The third-order valence-corrected chi connectivity index (χ3v) is 6.57. The van der Waals surface area contributed by atoms with Crippen molar-refractivity contribution in [1.82, 2.24) is 0 Å². The Morgan fingerprint density at radius 1 is 0.641 bits per heavy atom. The first-order chi connectivity index (χ1) is 18.7. The Bertz CT molecular complexity index is 1280. The second-order valence-electron chi connectivity index (χ2n) is 9.61. The molecule has 0 aromatic heterocycles. The minimum Gasteiger partial charge on any atom is -0.461 e. The molecular formula is C31H32O8. The third kappa shape index (κ3) is 7.10. The molecule has 0 aliphatic carbocycles. The Morgan fingerprint density at radius 2 is 1.05 bits per heavy atom. The molecule has 1 fully saturated rings. The van der Waals surface area contributed by atoms with Crippen molar-refractivity contribution in [3.63, 3.8) is 0 Å². The fraction of sp³-hybridized carbons (Fsp3) is 0.323. The zero-order chi connectivity index (χ0) is 27.9. The fourth-order valence-corrected chi connectivity index (χ4v) is 4.24. The van der Waals surface area contributed by atoms with Crippen LogP contribution in [0.4, 0.5) is 0 Å². The number of aryl methyl sites for hydroxylation is 3. The van der Waals surface area contributed by atoms with Crippen LogP contribution in [0.5, 0.6) is 0 Å². The first kappa shape index (κ1) is 28.0. The Labute approximate surface area is 227 Å². The first-order valence-electron chi connectivity index (χ1n) is 12.7. The highest BCUT2D eigenvalue weighted by Gasteiger charge is 2.48. The van der Waals surface area contributed by atoms with Gasteiger partial charge in [-0.1, -0.05) is 53.1 Å². The Balaban J connectivity index is 1.50. The van der Waals surface area contributed by atoms with Gasteiger partial charge in [0.25, 0.3) is 0 Å². The molecule has 1 saturated heterocycles. The molecule has 4 atom stereocenters. The van der Waals surface area contributed by atoms with E-state index in [1.807, 2.05) is 45.0 Å². The molecule has 0 bridgehead atoms. The van der Waals surface area contributed by atoms with Gasteiger partial charge in [0, 0.05) is 7.11 Å². The van der Waals surface area contributed by atoms with Gasteiger partial charge in [-0.3, -0.25) is 0 Å². The maximum absolute atomic E-state index is 13.0. The molecule has 1 aliphatic heterocycles. The molecule has 0 radical (unpaired) electrons. The molecular weight excluding hydrogens is 500 g/mol. The van der Waals surface area contributed by atoms with E-state index in [0.29, 0.717) is 16.7 Å². The van der Waals surface area contributed by atoms with Gasteiger partial charge in [-0.25, -0.2) is 14.4 Å². The van der Waals surface area contributed by atoms with E-state index >= 15 is 0 Å². The molecule has 0 amide bonds. The molecule has 1 aliphatic rings. The zero-order valence-corrected chi connectivity index (χ0v) is 22.4. The van der Waals surface area contributed by atoms with Gasteiger partial charge in [0.2, 0.25) is 0 Å². The smallest absolute Gasteiger partial charge is 0.338 e. The van der Waals surface area contributed by atoms with Gasteiger partial charge in [0.05, 0.1) is 22.6 Å². The number of rotatable bonds is 9. The highest BCUT2D eigenvalue weighted by atomic mass is 16.7. The number of hydrogen-bond donors (Lipinski definition) is 0. The van der Waals surface area contributed by atoms with Crippen molar-refractivity contribution < 1.29 is 38.1 Å². The summed E-state index contributed by atoms with van der Waals surface area (Å²) in [6.07, 6.45) is -2.63. The zero-order valence-electron chi connectivity index (χ0n) is 22.4. The van der Waals surface area contributed by atoms with Crippen LogP contribution in [0.3, 0.4) is 0 Å². The van der Waals surface area contributed by atoms with Crippen LogP contribution in [-0.2, 0) is 23.7 Å². The van der Waals surface area contributed by atoms with Crippen molar-refractivity contribution in [1.29, 1.82) is 0 Å². The molecule has 3 aromatic carbocycles. The van der Waals surface area contributed by atoms with Crippen LogP contribution in [0.1, 0.15) is 47.8 Å². The minimum atomic E-state index is -0.916. The van der Waals surface area contributed by atoms with Crippen LogP contribution in [0, 0.1) is 26.7 Å². The van der Waals surface area contributed by atoms with Crippen molar-refractivity contribution in [2.75, 3.05) is 20.3 Å². The predicted molar refractivity (Wildman–Crippen MR) is 142 cm³/mol. The number of esters is 3. The van der Waals surface area contributed by atoms with Gasteiger partial charge in [-0.15, -0.1) is 0 Å². The fourth-order valence-electron chi connectivity index (χ4n) is 4.24. The largest absolute Gasteiger partial charge is 0.461 e. The van der Waals surface area contributed by atoms with Crippen molar-refractivity contribution >= 4 is 17.9 Å². The Hall–Kier alpha value is -4.01. The molecule has 0 spiro atoms. The van der Waals surface area contributed by atoms with Crippen molar-refractivity contribution in [2.24, 2.45) is 5.92 Å². The summed E-state index contributed by atoms with van der Waals surface area (Å²) in [5.41, 5.74) is 4.16. The molecule has 1 heterocycles. The topological polar surface area (TPSA) is 97.4 Å². The maximum Gasteiger partial charge on any atom is 0.338 e. The van der Waals surface area contributed by atoms with Crippen LogP contribution >= 0.6 is 0 Å². The number of methoxy groups -OCH3 is 1. The van der Waals surface area contributed by atoms with Crippen molar-refractivity contribution in [3.05, 3.63) is 106 Å². The summed E-state index contributed by atoms with van der Waals surface area (Å²) in [5, 5.41) is 0. The standard InChI is InChI=1S/C31H32O8/c1-19-5-11-22(12-6-19)28(32)36-17-25-27(39-30(34)24-15-9-21(3)10-16-24)26(38-31(25)35-4)18-37-29(33)23-13-7-20(2)8-14-23/h5-16,25-27,31H,17-18H2,1-4H3/t25-,26-,27+,31?/m0/s1. The van der Waals surface area contributed by atoms with E-state index in [4.69, 9.17) is 23.7 Å². The summed E-state index contributed by atoms with van der Waals surface area (Å²) in [6, 6.07) is 20.9. The second-order valence-corrected chi connectivity index (χ2v) is 9.61. The molecule has 3 aromatic rings. The van der Waals surface area contributed by atoms with Crippen LogP contribution in [0.2, 0.25) is 0 Å². The predicted octanol–water partition coefficient (Wildman–Crippen LogP) is 4.84. The summed E-state index contributed by atoms with van der Waals surface area (Å²) in [4.78, 5) is 38.4. The lowest BCUT2D eigenvalue weighted by atomic mass is 10.0.